The van der Waals surface area contributed by atoms with Crippen LogP contribution in [0.15, 0.2) is 231 Å². The van der Waals surface area contributed by atoms with Gasteiger partial charge in [0.1, 0.15) is 0 Å². The van der Waals surface area contributed by atoms with Gasteiger partial charge in [0, 0.05) is 10.8 Å². The number of rotatable bonds is 5. The summed E-state index contributed by atoms with van der Waals surface area (Å²) in [5.74, 6) is 0. The lowest BCUT2D eigenvalue weighted by atomic mass is 9.78. The SMILES string of the molecule is Cc1ccc(-c2c3ccccc3c(-c3ccc4c(c3)C(C)(C)c3cc(-c5c6ccccc6c(-c6c7ccccc7c(-c7ccc8c(c7)C(C)(C)c7ccccc7-8)c7cc(C)ccc67)c6cc(C)ccc56)ccc3-4)c3ccc(C)cc23)cc1. The van der Waals surface area contributed by atoms with Gasteiger partial charge in [0.25, 0.3) is 0 Å². The van der Waals surface area contributed by atoms with E-state index in [0.717, 1.165) is 0 Å². The van der Waals surface area contributed by atoms with Gasteiger partial charge in [-0.1, -0.05) is 262 Å². The molecule has 0 fully saturated rings. The molecule has 2 aliphatic rings. The Kier molecular flexibility index (Phi) is 10.4. The van der Waals surface area contributed by atoms with Gasteiger partial charge in [0.05, 0.1) is 0 Å². The summed E-state index contributed by atoms with van der Waals surface area (Å²) < 4.78 is 0. The fourth-order valence-corrected chi connectivity index (χ4v) is 15.3. The van der Waals surface area contributed by atoms with Crippen LogP contribution >= 0.6 is 0 Å². The first-order valence-electron chi connectivity index (χ1n) is 29.3. The minimum Gasteiger partial charge on any atom is -0.0619 e. The summed E-state index contributed by atoms with van der Waals surface area (Å²) in [6.07, 6.45) is 0. The van der Waals surface area contributed by atoms with Crippen LogP contribution in [-0.2, 0) is 10.8 Å². The van der Waals surface area contributed by atoms with Crippen molar-refractivity contribution in [2.24, 2.45) is 0 Å². The molecule has 0 bridgehead atoms. The van der Waals surface area contributed by atoms with E-state index in [1.807, 2.05) is 0 Å². The maximum absolute atomic E-state index is 2.54. The zero-order chi connectivity index (χ0) is 55.5. The fourth-order valence-electron chi connectivity index (χ4n) is 15.3. The Morgan fingerprint density at radius 2 is 0.463 bits per heavy atom. The molecule has 0 unspecified atom stereocenters. The maximum atomic E-state index is 2.54. The molecule has 0 nitrogen and oxygen atoms in total. The first-order valence-corrected chi connectivity index (χ1v) is 29.3. The molecule has 0 aliphatic heterocycles. The van der Waals surface area contributed by atoms with Crippen LogP contribution in [0.3, 0.4) is 0 Å². The van der Waals surface area contributed by atoms with E-state index >= 15 is 0 Å². The van der Waals surface area contributed by atoms with Crippen molar-refractivity contribution < 1.29 is 0 Å². The van der Waals surface area contributed by atoms with Crippen LogP contribution in [-0.4, -0.2) is 0 Å². The van der Waals surface area contributed by atoms with Crippen molar-refractivity contribution in [1.82, 2.24) is 0 Å². The standard InChI is InChI=1S/C82H62/c1-47-25-30-51(31-26-47)75-59-18-9-10-19-60(59)76(65-35-27-48(2)41-68(65)75)52-32-39-57-58-40-33-53(45-74(58)82(7,8)73(57)44-52)77-61-20-11-14-23-64(61)80(70-43-50(4)28-36-66(70)77)79-63-22-13-12-21-62(63)78(69-42-49(3)29-37-67(69)79)54-34-38-56-55-17-15-16-24-71(55)81(5,6)72(56)46-54/h9-46H,1-8H3. The Balaban J connectivity index is 0.878. The molecule has 0 saturated carbocycles. The van der Waals surface area contributed by atoms with Crippen molar-refractivity contribution >= 4 is 64.6 Å². The minimum atomic E-state index is -0.265. The van der Waals surface area contributed by atoms with Gasteiger partial charge in [-0.05, 0) is 211 Å². The molecule has 0 N–H and O–H groups in total. The van der Waals surface area contributed by atoms with Gasteiger partial charge in [-0.2, -0.15) is 0 Å². The van der Waals surface area contributed by atoms with Gasteiger partial charge in [0.2, 0.25) is 0 Å². The summed E-state index contributed by atoms with van der Waals surface area (Å²) >= 11 is 0. The predicted octanol–water partition coefficient (Wildman–Crippen LogP) is 22.8. The van der Waals surface area contributed by atoms with Crippen LogP contribution in [0, 0.1) is 27.7 Å². The first-order chi connectivity index (χ1) is 39.8. The monoisotopic (exact) mass is 1050 g/mol. The van der Waals surface area contributed by atoms with Crippen molar-refractivity contribution in [3.8, 4) is 77.9 Å². The number of hydrogen-bond donors (Lipinski definition) is 0. The Labute approximate surface area is 481 Å². The molecule has 82 heavy (non-hydrogen) atoms. The van der Waals surface area contributed by atoms with E-state index in [0.29, 0.717) is 0 Å². The minimum absolute atomic E-state index is 0.107. The second-order valence-electron chi connectivity index (χ2n) is 25.0. The van der Waals surface area contributed by atoms with Crippen molar-refractivity contribution in [3.63, 3.8) is 0 Å². The highest BCUT2D eigenvalue weighted by molar-refractivity contribution is 6.30. The van der Waals surface area contributed by atoms with Gasteiger partial charge >= 0.3 is 0 Å². The van der Waals surface area contributed by atoms with Crippen LogP contribution in [0.25, 0.3) is 143 Å². The third-order valence-corrected chi connectivity index (χ3v) is 19.3. The Hall–Kier alpha value is -9.36. The zero-order valence-corrected chi connectivity index (χ0v) is 47.9. The molecule has 0 radical (unpaired) electrons. The van der Waals surface area contributed by atoms with Gasteiger partial charge in [-0.15, -0.1) is 0 Å². The lowest BCUT2D eigenvalue weighted by Crippen LogP contribution is -2.15. The maximum Gasteiger partial charge on any atom is 0.0159 e. The molecule has 0 heterocycles. The van der Waals surface area contributed by atoms with Crippen LogP contribution in [0.1, 0.15) is 72.2 Å². The highest BCUT2D eigenvalue weighted by atomic mass is 14.4. The first kappa shape index (κ1) is 48.5. The van der Waals surface area contributed by atoms with Crippen molar-refractivity contribution in [1.29, 1.82) is 0 Å². The number of aryl methyl sites for hydroxylation is 4. The van der Waals surface area contributed by atoms with E-state index in [2.05, 4.69) is 286 Å². The molecule has 2 aliphatic carbocycles. The highest BCUT2D eigenvalue weighted by Crippen LogP contribution is 2.56. The molecule has 0 atom stereocenters. The van der Waals surface area contributed by atoms with E-state index in [4.69, 9.17) is 0 Å². The van der Waals surface area contributed by atoms with E-state index in [9.17, 15) is 0 Å². The van der Waals surface area contributed by atoms with Crippen LogP contribution < -0.4 is 0 Å². The molecule has 0 amide bonds. The summed E-state index contributed by atoms with van der Waals surface area (Å²) in [5, 5.41) is 15.3. The average molecular weight is 1050 g/mol. The third kappa shape index (κ3) is 6.91. The summed E-state index contributed by atoms with van der Waals surface area (Å²) in [6.45, 7) is 18.6. The smallest absolute Gasteiger partial charge is 0.0159 e. The summed E-state index contributed by atoms with van der Waals surface area (Å²) in [7, 11) is 0. The molecule has 0 saturated heterocycles. The second-order valence-corrected chi connectivity index (χ2v) is 25.0. The molecule has 14 aromatic carbocycles. The Bertz CT molecular complexity index is 5110. The molecule has 14 aromatic rings. The van der Waals surface area contributed by atoms with Crippen molar-refractivity contribution in [2.45, 2.75) is 66.2 Å². The van der Waals surface area contributed by atoms with Crippen LogP contribution in [0.2, 0.25) is 0 Å². The number of hydrogen-bond acceptors (Lipinski definition) is 0. The molecule has 390 valence electrons. The second kappa shape index (κ2) is 17.6. The highest BCUT2D eigenvalue weighted by Gasteiger charge is 2.38. The molecule has 0 spiro atoms. The average Bonchev–Trinajstić information content (AvgIpc) is 1.60. The van der Waals surface area contributed by atoms with Gasteiger partial charge in [-0.25, -0.2) is 0 Å². The van der Waals surface area contributed by atoms with E-state index in [1.165, 1.54) is 187 Å². The predicted molar refractivity (Wildman–Crippen MR) is 353 cm³/mol. The van der Waals surface area contributed by atoms with E-state index < -0.39 is 0 Å². The van der Waals surface area contributed by atoms with Crippen molar-refractivity contribution in [3.05, 3.63) is 275 Å². The molecule has 16 rings (SSSR count). The Morgan fingerprint density at radius 1 is 0.195 bits per heavy atom. The Morgan fingerprint density at radius 3 is 0.890 bits per heavy atom. The quantitative estimate of drug-likeness (QED) is 0.151. The molecule has 0 aromatic heterocycles. The summed E-state index contributed by atoms with van der Waals surface area (Å²) in [4.78, 5) is 0. The molecular formula is C82H62. The van der Waals surface area contributed by atoms with Gasteiger partial charge in [-0.3, -0.25) is 0 Å². The largest absolute Gasteiger partial charge is 0.0619 e. The normalized spacial score (nSPS) is 13.8. The van der Waals surface area contributed by atoms with E-state index in [1.54, 1.807) is 0 Å². The number of fused-ring (bicyclic) bond motifs is 12. The zero-order valence-electron chi connectivity index (χ0n) is 47.9. The van der Waals surface area contributed by atoms with E-state index in [-0.39, 0.29) is 10.8 Å². The van der Waals surface area contributed by atoms with Gasteiger partial charge in [0.15, 0.2) is 0 Å². The fraction of sp³-hybridized carbons (Fsp3) is 0.122. The summed E-state index contributed by atoms with van der Waals surface area (Å²) in [5.41, 5.74) is 28.4. The van der Waals surface area contributed by atoms with Crippen LogP contribution in [0.5, 0.6) is 0 Å². The van der Waals surface area contributed by atoms with Crippen LogP contribution in [0.4, 0.5) is 0 Å². The topological polar surface area (TPSA) is 0 Å². The molecule has 0 heteroatoms. The summed E-state index contributed by atoms with van der Waals surface area (Å²) in [6, 6.07) is 88.9. The third-order valence-electron chi connectivity index (χ3n) is 19.3. The van der Waals surface area contributed by atoms with Gasteiger partial charge < -0.3 is 0 Å². The lowest BCUT2D eigenvalue weighted by Gasteiger charge is -2.25. The molecular weight excluding hydrogens is 985 g/mol. The number of benzene rings is 14. The lowest BCUT2D eigenvalue weighted by molar-refractivity contribution is 0.660. The van der Waals surface area contributed by atoms with Crippen molar-refractivity contribution in [2.75, 3.05) is 0 Å².